The van der Waals surface area contributed by atoms with E-state index in [2.05, 4.69) is 16.0 Å². The molecule has 0 unspecified atom stereocenters. The second kappa shape index (κ2) is 7.02. The van der Waals surface area contributed by atoms with Crippen molar-refractivity contribution in [3.63, 3.8) is 0 Å². The van der Waals surface area contributed by atoms with Crippen LogP contribution < -0.4 is 4.74 Å². The summed E-state index contributed by atoms with van der Waals surface area (Å²) in [5.74, 6) is 0.671. The summed E-state index contributed by atoms with van der Waals surface area (Å²) < 4.78 is 5.71. The molecule has 1 aromatic carbocycles. The number of rotatable bonds is 5. The normalized spacial score (nSPS) is 10.4. The summed E-state index contributed by atoms with van der Waals surface area (Å²) in [6, 6.07) is 6.07. The fraction of sp³-hybridized carbons (Fsp3) is 0.353. The number of amides is 1. The summed E-state index contributed by atoms with van der Waals surface area (Å²) in [6.45, 7) is 6.82. The van der Waals surface area contributed by atoms with Crippen LogP contribution in [0.2, 0.25) is 0 Å². The van der Waals surface area contributed by atoms with Crippen molar-refractivity contribution in [3.05, 3.63) is 53.1 Å². The maximum Gasteiger partial charge on any atom is 0.273 e. The largest absolute Gasteiger partial charge is 0.492 e. The molecular weight excluding hydrogens is 278 g/mol. The fourth-order valence-electron chi connectivity index (χ4n) is 2.12. The number of aromatic nitrogens is 2. The minimum Gasteiger partial charge on any atom is -0.492 e. The molecule has 5 nitrogen and oxygen atoms in total. The average molecular weight is 299 g/mol. The van der Waals surface area contributed by atoms with E-state index < -0.39 is 0 Å². The molecule has 0 radical (unpaired) electrons. The molecule has 1 amide bonds. The Hall–Kier alpha value is -2.43. The predicted molar refractivity (Wildman–Crippen MR) is 85.1 cm³/mol. The SMILES string of the molecule is Cc1cc(C)cc(OCCN(C)C(=O)c2cnc(C)cn2)c1. The van der Waals surface area contributed by atoms with Gasteiger partial charge in [0.05, 0.1) is 18.4 Å². The number of hydrogen-bond donors (Lipinski definition) is 0. The molecule has 5 heteroatoms. The van der Waals surface area contributed by atoms with Crippen molar-refractivity contribution < 1.29 is 9.53 Å². The minimum absolute atomic E-state index is 0.156. The third kappa shape index (κ3) is 4.28. The van der Waals surface area contributed by atoms with E-state index >= 15 is 0 Å². The van der Waals surface area contributed by atoms with Crippen LogP contribution in [0.1, 0.15) is 27.3 Å². The summed E-state index contributed by atoms with van der Waals surface area (Å²) in [5, 5.41) is 0. The lowest BCUT2D eigenvalue weighted by Crippen LogP contribution is -2.31. The molecule has 0 spiro atoms. The fourth-order valence-corrected chi connectivity index (χ4v) is 2.12. The van der Waals surface area contributed by atoms with Gasteiger partial charge >= 0.3 is 0 Å². The van der Waals surface area contributed by atoms with Gasteiger partial charge in [0.2, 0.25) is 0 Å². The zero-order valence-corrected chi connectivity index (χ0v) is 13.5. The Labute approximate surface area is 131 Å². The molecule has 0 atom stereocenters. The lowest BCUT2D eigenvalue weighted by Gasteiger charge is -2.17. The van der Waals surface area contributed by atoms with Crippen molar-refractivity contribution in [3.8, 4) is 5.75 Å². The zero-order valence-electron chi connectivity index (χ0n) is 13.5. The molecular formula is C17H21N3O2. The monoisotopic (exact) mass is 299 g/mol. The van der Waals surface area contributed by atoms with Crippen molar-refractivity contribution in [2.75, 3.05) is 20.2 Å². The van der Waals surface area contributed by atoms with Crippen LogP contribution in [0.3, 0.4) is 0 Å². The maximum atomic E-state index is 12.2. The van der Waals surface area contributed by atoms with Gasteiger partial charge in [-0.3, -0.25) is 9.78 Å². The van der Waals surface area contributed by atoms with E-state index in [0.29, 0.717) is 18.8 Å². The molecule has 0 fully saturated rings. The quantitative estimate of drug-likeness (QED) is 0.851. The number of aryl methyl sites for hydroxylation is 3. The summed E-state index contributed by atoms with van der Waals surface area (Å²) in [4.78, 5) is 21.9. The van der Waals surface area contributed by atoms with Gasteiger partial charge in [0.25, 0.3) is 5.91 Å². The standard InChI is InChI=1S/C17H21N3O2/c1-12-7-13(2)9-15(8-12)22-6-5-20(4)17(21)16-11-18-14(3)10-19-16/h7-11H,5-6H2,1-4H3. The van der Waals surface area contributed by atoms with Crippen LogP contribution >= 0.6 is 0 Å². The van der Waals surface area contributed by atoms with Crippen LogP contribution in [0, 0.1) is 20.8 Å². The highest BCUT2D eigenvalue weighted by Crippen LogP contribution is 2.16. The van der Waals surface area contributed by atoms with Gasteiger partial charge in [-0.15, -0.1) is 0 Å². The lowest BCUT2D eigenvalue weighted by atomic mass is 10.1. The molecule has 0 N–H and O–H groups in total. The molecule has 22 heavy (non-hydrogen) atoms. The van der Waals surface area contributed by atoms with Crippen LogP contribution in [-0.4, -0.2) is 41.0 Å². The second-order valence-corrected chi connectivity index (χ2v) is 5.44. The lowest BCUT2D eigenvalue weighted by molar-refractivity contribution is 0.0767. The number of ether oxygens (including phenoxy) is 1. The van der Waals surface area contributed by atoms with Gasteiger partial charge in [-0.2, -0.15) is 0 Å². The summed E-state index contributed by atoms with van der Waals surface area (Å²) in [6.07, 6.45) is 3.09. The molecule has 0 bridgehead atoms. The smallest absolute Gasteiger partial charge is 0.273 e. The van der Waals surface area contributed by atoms with Gasteiger partial charge in [0.15, 0.2) is 0 Å². The molecule has 2 rings (SSSR count). The van der Waals surface area contributed by atoms with Crippen LogP contribution in [0.25, 0.3) is 0 Å². The molecule has 1 aromatic heterocycles. The van der Waals surface area contributed by atoms with Crippen LogP contribution in [0.5, 0.6) is 5.75 Å². The van der Waals surface area contributed by atoms with E-state index in [0.717, 1.165) is 22.6 Å². The molecule has 0 aliphatic heterocycles. The van der Waals surface area contributed by atoms with Crippen molar-refractivity contribution in [1.29, 1.82) is 0 Å². The van der Waals surface area contributed by atoms with Crippen LogP contribution in [0.15, 0.2) is 30.6 Å². The van der Waals surface area contributed by atoms with Crippen molar-refractivity contribution in [2.45, 2.75) is 20.8 Å². The first-order valence-electron chi connectivity index (χ1n) is 7.21. The molecule has 116 valence electrons. The van der Waals surface area contributed by atoms with Crippen molar-refractivity contribution in [2.24, 2.45) is 0 Å². The first-order chi connectivity index (χ1) is 10.5. The third-order valence-corrected chi connectivity index (χ3v) is 3.24. The van der Waals surface area contributed by atoms with Gasteiger partial charge < -0.3 is 9.64 Å². The third-order valence-electron chi connectivity index (χ3n) is 3.24. The number of likely N-dealkylation sites (N-methyl/N-ethyl adjacent to an activating group) is 1. The first-order valence-corrected chi connectivity index (χ1v) is 7.21. The van der Waals surface area contributed by atoms with E-state index in [1.54, 1.807) is 18.1 Å². The maximum absolute atomic E-state index is 12.2. The molecule has 0 aliphatic carbocycles. The Kier molecular flexibility index (Phi) is 5.09. The topological polar surface area (TPSA) is 55.3 Å². The molecule has 0 aliphatic rings. The number of hydrogen-bond acceptors (Lipinski definition) is 4. The van der Waals surface area contributed by atoms with Gasteiger partial charge in [0, 0.05) is 13.2 Å². The van der Waals surface area contributed by atoms with E-state index in [1.165, 1.54) is 6.20 Å². The summed E-state index contributed by atoms with van der Waals surface area (Å²) in [7, 11) is 1.73. The first kappa shape index (κ1) is 15.9. The summed E-state index contributed by atoms with van der Waals surface area (Å²) >= 11 is 0. The zero-order chi connectivity index (χ0) is 16.1. The Bertz CT molecular complexity index is 633. The second-order valence-electron chi connectivity index (χ2n) is 5.44. The average Bonchev–Trinajstić information content (AvgIpc) is 2.46. The number of carbonyl (C=O) groups excluding carboxylic acids is 1. The highest BCUT2D eigenvalue weighted by Gasteiger charge is 2.13. The molecule has 0 saturated carbocycles. The Balaban J connectivity index is 1.88. The molecule has 0 saturated heterocycles. The minimum atomic E-state index is -0.156. The van der Waals surface area contributed by atoms with E-state index in [4.69, 9.17) is 4.74 Å². The van der Waals surface area contributed by atoms with Crippen LogP contribution in [0.4, 0.5) is 0 Å². The van der Waals surface area contributed by atoms with Gasteiger partial charge in [-0.1, -0.05) is 6.07 Å². The van der Waals surface area contributed by atoms with Gasteiger partial charge in [0.1, 0.15) is 18.1 Å². The number of nitrogens with zero attached hydrogens (tertiary/aromatic N) is 3. The Morgan fingerprint density at radius 3 is 2.36 bits per heavy atom. The Morgan fingerprint density at radius 2 is 1.77 bits per heavy atom. The van der Waals surface area contributed by atoms with Gasteiger partial charge in [-0.05, 0) is 44.0 Å². The van der Waals surface area contributed by atoms with Crippen LogP contribution in [-0.2, 0) is 0 Å². The predicted octanol–water partition coefficient (Wildman–Crippen LogP) is 2.55. The summed E-state index contributed by atoms with van der Waals surface area (Å²) in [5.41, 5.74) is 3.46. The Morgan fingerprint density at radius 1 is 1.09 bits per heavy atom. The van der Waals surface area contributed by atoms with Crippen molar-refractivity contribution >= 4 is 5.91 Å². The molecule has 2 aromatic rings. The number of benzene rings is 1. The number of carbonyl (C=O) groups is 1. The highest BCUT2D eigenvalue weighted by atomic mass is 16.5. The van der Waals surface area contributed by atoms with Gasteiger partial charge in [-0.25, -0.2) is 4.98 Å². The highest BCUT2D eigenvalue weighted by molar-refractivity contribution is 5.91. The van der Waals surface area contributed by atoms with Crippen molar-refractivity contribution in [1.82, 2.24) is 14.9 Å². The van der Waals surface area contributed by atoms with E-state index in [1.807, 2.05) is 32.9 Å². The van der Waals surface area contributed by atoms with E-state index in [-0.39, 0.29) is 5.91 Å². The molecule has 1 heterocycles. The van der Waals surface area contributed by atoms with E-state index in [9.17, 15) is 4.79 Å².